The number of carboxylic acids is 2. The molecule has 1 aliphatic rings. The van der Waals surface area contributed by atoms with Gasteiger partial charge in [-0.2, -0.15) is 0 Å². The minimum absolute atomic E-state index is 0.480. The number of rotatable bonds is 6. The van der Waals surface area contributed by atoms with E-state index in [1.807, 2.05) is 0 Å². The summed E-state index contributed by atoms with van der Waals surface area (Å²) >= 11 is 0. The van der Waals surface area contributed by atoms with Gasteiger partial charge in [-0.1, -0.05) is 0 Å². The van der Waals surface area contributed by atoms with Crippen molar-refractivity contribution in [3.63, 3.8) is 0 Å². The van der Waals surface area contributed by atoms with Gasteiger partial charge in [0.15, 0.2) is 24.4 Å². The summed E-state index contributed by atoms with van der Waals surface area (Å²) in [4.78, 5) is 63.2. The second kappa shape index (κ2) is 22.1. The Morgan fingerprint density at radius 3 is 1.22 bits per heavy atom. The molecule has 36 heavy (non-hydrogen) atoms. The van der Waals surface area contributed by atoms with Crippen LogP contribution in [0.25, 0.3) is 0 Å². The average Bonchev–Trinajstić information content (AvgIpc) is 2.80. The van der Waals surface area contributed by atoms with Crippen molar-refractivity contribution >= 4 is 35.8 Å². The molecule has 1 rings (SSSR count). The van der Waals surface area contributed by atoms with Crippen LogP contribution in [0.3, 0.4) is 0 Å². The minimum Gasteiger partial charge on any atom is -0.479 e. The lowest BCUT2D eigenvalue weighted by molar-refractivity contribution is -0.191. The molecule has 0 aromatic rings. The van der Waals surface area contributed by atoms with E-state index in [2.05, 4.69) is 18.9 Å². The maximum atomic E-state index is 11.2. The van der Waals surface area contributed by atoms with Gasteiger partial charge in [0.25, 0.3) is 0 Å². The molecule has 0 saturated carbocycles. The van der Waals surface area contributed by atoms with Gasteiger partial charge < -0.3 is 49.6 Å². The highest BCUT2D eigenvalue weighted by Gasteiger charge is 2.32. The first-order valence-corrected chi connectivity index (χ1v) is 10.0. The van der Waals surface area contributed by atoms with E-state index in [9.17, 15) is 28.8 Å². The first kappa shape index (κ1) is 39.9. The highest BCUT2D eigenvalue weighted by atomic mass is 16.6. The lowest BCUT2D eigenvalue weighted by Crippen LogP contribution is -2.40. The van der Waals surface area contributed by atoms with Crippen LogP contribution >= 0.6 is 0 Å². The monoisotopic (exact) mass is 532 g/mol. The van der Waals surface area contributed by atoms with E-state index in [4.69, 9.17) is 30.6 Å². The summed E-state index contributed by atoms with van der Waals surface area (Å²) in [7, 11) is 2.00. The van der Waals surface area contributed by atoms with Crippen molar-refractivity contribution in [3.05, 3.63) is 0 Å². The van der Waals surface area contributed by atoms with Gasteiger partial charge in [0.1, 0.15) is 12.2 Å². The fourth-order valence-electron chi connectivity index (χ4n) is 1.28. The van der Waals surface area contributed by atoms with Crippen LogP contribution < -0.4 is 0 Å². The Morgan fingerprint density at radius 2 is 0.972 bits per heavy atom. The Labute approximate surface area is 207 Å². The molecule has 1 saturated heterocycles. The van der Waals surface area contributed by atoms with E-state index in [-0.39, 0.29) is 0 Å². The highest BCUT2D eigenvalue weighted by molar-refractivity contribution is 5.86. The van der Waals surface area contributed by atoms with Crippen molar-refractivity contribution in [1.82, 2.24) is 0 Å². The van der Waals surface area contributed by atoms with E-state index >= 15 is 0 Å². The molecule has 16 heteroatoms. The Morgan fingerprint density at radius 1 is 0.667 bits per heavy atom. The molecule has 0 aliphatic carbocycles. The Hall–Kier alpha value is -3.34. The Balaban J connectivity index is -0.000000218. The number of hydrogen-bond donors (Lipinski definition) is 6. The smallest absolute Gasteiger partial charge is 0.347 e. The fourth-order valence-corrected chi connectivity index (χ4v) is 1.28. The van der Waals surface area contributed by atoms with Crippen LogP contribution in [-0.4, -0.2) is 117 Å². The third-order valence-electron chi connectivity index (χ3n) is 3.21. The van der Waals surface area contributed by atoms with Crippen LogP contribution in [0.4, 0.5) is 0 Å². The minimum atomic E-state index is -1.35. The predicted molar refractivity (Wildman–Crippen MR) is 117 cm³/mol. The summed E-state index contributed by atoms with van der Waals surface area (Å²) in [6.07, 6.45) is -6.66. The normalized spacial score (nSPS) is 18.8. The standard InChI is InChI=1S/C9H14O7.C6H8O4.C3H6O3.2CH4O/c1-4(10)8(13)16-6(3)9(14)15-5(2)7(11)12;1-3-5(7)10-4(2)6(8)9-3;1-2(4)3(5)6;2*1-2/h4-6,10H,1-3H3,(H,11,12);3-4H,1-2H3;2,4H,1H3,(H,5,6);2*2H,1H3. The quantitative estimate of drug-likeness (QED) is 0.157. The number of esters is 4. The van der Waals surface area contributed by atoms with Gasteiger partial charge in [-0.3, -0.25) is 0 Å². The first-order chi connectivity index (χ1) is 16.5. The van der Waals surface area contributed by atoms with Crippen LogP contribution in [0, 0.1) is 0 Å². The summed E-state index contributed by atoms with van der Waals surface area (Å²) in [5, 5.41) is 47.0. The number of carboxylic acid groups (broad SMARTS) is 2. The molecule has 1 heterocycles. The van der Waals surface area contributed by atoms with Gasteiger partial charge in [0.2, 0.25) is 0 Å². The zero-order chi connectivity index (χ0) is 29.8. The second-order valence-electron chi connectivity index (χ2n) is 6.34. The third kappa shape index (κ3) is 20.1. The fraction of sp³-hybridized carbons (Fsp3) is 0.700. The summed E-state index contributed by atoms with van der Waals surface area (Å²) < 4.78 is 18.1. The Kier molecular flexibility index (Phi) is 24.5. The zero-order valence-electron chi connectivity index (χ0n) is 21.2. The van der Waals surface area contributed by atoms with E-state index < -0.39 is 72.4 Å². The van der Waals surface area contributed by atoms with Gasteiger partial charge in [0, 0.05) is 14.2 Å². The lowest BCUT2D eigenvalue weighted by atomic mass is 10.3. The van der Waals surface area contributed by atoms with E-state index in [1.54, 1.807) is 0 Å². The van der Waals surface area contributed by atoms with E-state index in [0.717, 1.165) is 14.2 Å². The van der Waals surface area contributed by atoms with Crippen molar-refractivity contribution < 1.29 is 78.4 Å². The molecule has 6 unspecified atom stereocenters. The SMILES string of the molecule is CC(O)C(=O)O.CC(O)C(=O)OC(C)C(=O)OC(C)C(=O)O.CC1OC(=O)C(C)OC1=O.CO.CO. The first-order valence-electron chi connectivity index (χ1n) is 10.0. The van der Waals surface area contributed by atoms with Crippen LogP contribution in [-0.2, 0) is 47.7 Å². The molecule has 0 bridgehead atoms. The molecule has 6 N–H and O–H groups in total. The van der Waals surface area contributed by atoms with Crippen LogP contribution in [0.2, 0.25) is 0 Å². The van der Waals surface area contributed by atoms with Gasteiger partial charge in [0.05, 0.1) is 0 Å². The third-order valence-corrected chi connectivity index (χ3v) is 3.21. The van der Waals surface area contributed by atoms with Gasteiger partial charge in [-0.25, -0.2) is 28.8 Å². The maximum absolute atomic E-state index is 11.2. The summed E-state index contributed by atoms with van der Waals surface area (Å²) in [6.45, 7) is 7.72. The molecule has 1 aliphatic heterocycles. The van der Waals surface area contributed by atoms with Gasteiger partial charge in [-0.05, 0) is 41.5 Å². The van der Waals surface area contributed by atoms with Crippen LogP contribution in [0.15, 0.2) is 0 Å². The second-order valence-corrected chi connectivity index (χ2v) is 6.34. The van der Waals surface area contributed by atoms with Gasteiger partial charge >= 0.3 is 35.8 Å². The molecule has 0 radical (unpaired) electrons. The average molecular weight is 532 g/mol. The molecule has 0 aromatic carbocycles. The van der Waals surface area contributed by atoms with E-state index in [1.165, 1.54) is 41.5 Å². The number of carbonyl (C=O) groups is 6. The predicted octanol–water partition coefficient (Wildman–Crippen LogP) is -2.15. The number of cyclic esters (lactones) is 2. The molecule has 0 aromatic heterocycles. The summed E-state index contributed by atoms with van der Waals surface area (Å²) in [5.41, 5.74) is 0. The van der Waals surface area contributed by atoms with Crippen molar-refractivity contribution in [2.45, 2.75) is 78.2 Å². The number of hydrogen-bond acceptors (Lipinski definition) is 14. The van der Waals surface area contributed by atoms with Crippen LogP contribution in [0.5, 0.6) is 0 Å². The summed E-state index contributed by atoms with van der Waals surface area (Å²) in [6, 6.07) is 0. The van der Waals surface area contributed by atoms with Crippen molar-refractivity contribution in [2.24, 2.45) is 0 Å². The molecule has 0 amide bonds. The number of aliphatic hydroxyl groups excluding tert-OH is 4. The van der Waals surface area contributed by atoms with Crippen molar-refractivity contribution in [1.29, 1.82) is 0 Å². The van der Waals surface area contributed by atoms with E-state index in [0.29, 0.717) is 0 Å². The zero-order valence-corrected chi connectivity index (χ0v) is 21.2. The molecular weight excluding hydrogens is 496 g/mol. The topological polar surface area (TPSA) is 261 Å². The Bertz CT molecular complexity index is 667. The molecule has 16 nitrogen and oxygen atoms in total. The van der Waals surface area contributed by atoms with Crippen molar-refractivity contribution in [2.75, 3.05) is 14.2 Å². The largest absolute Gasteiger partial charge is 0.479 e. The maximum Gasteiger partial charge on any atom is 0.347 e. The highest BCUT2D eigenvalue weighted by Crippen LogP contribution is 2.08. The number of aliphatic carboxylic acids is 2. The lowest BCUT2D eigenvalue weighted by Gasteiger charge is -2.22. The number of ether oxygens (including phenoxy) is 4. The summed E-state index contributed by atoms with van der Waals surface area (Å²) in [5.74, 6) is -5.41. The molecule has 1 fully saturated rings. The molecule has 212 valence electrons. The molecule has 0 spiro atoms. The number of carbonyl (C=O) groups excluding carboxylic acids is 4. The number of aliphatic hydroxyl groups is 4. The van der Waals surface area contributed by atoms with Crippen molar-refractivity contribution in [3.8, 4) is 0 Å². The van der Waals surface area contributed by atoms with Crippen LogP contribution in [0.1, 0.15) is 41.5 Å². The molecular formula is C20H36O16. The van der Waals surface area contributed by atoms with Gasteiger partial charge in [-0.15, -0.1) is 0 Å². The molecule has 6 atom stereocenters.